The van der Waals surface area contributed by atoms with Crippen LogP contribution in [0, 0.1) is 5.92 Å². The zero-order chi connectivity index (χ0) is 16.5. The maximum absolute atomic E-state index is 12.9. The number of halogens is 3. The predicted molar refractivity (Wildman–Crippen MR) is 74.4 cm³/mol. The van der Waals surface area contributed by atoms with Gasteiger partial charge in [0.2, 0.25) is 5.82 Å². The molecule has 2 aromatic rings. The van der Waals surface area contributed by atoms with Gasteiger partial charge in [-0.05, 0) is 18.1 Å². The van der Waals surface area contributed by atoms with E-state index in [1.807, 2.05) is 0 Å². The van der Waals surface area contributed by atoms with Gasteiger partial charge in [0.25, 0.3) is 0 Å². The summed E-state index contributed by atoms with van der Waals surface area (Å²) in [5.74, 6) is -2.94. The predicted octanol–water partition coefficient (Wildman–Crippen LogP) is 3.17. The number of carboxylic acid groups (broad SMARTS) is 1. The van der Waals surface area contributed by atoms with Crippen molar-refractivity contribution in [2.75, 3.05) is 5.32 Å². The minimum Gasteiger partial charge on any atom is -0.480 e. The largest absolute Gasteiger partial charge is 0.480 e. The van der Waals surface area contributed by atoms with Crippen molar-refractivity contribution < 1.29 is 23.1 Å². The topological polar surface area (TPSA) is 75.1 Å². The fraction of sp³-hybridized carbons (Fsp3) is 0.357. The number of alkyl halides is 3. The SMILES string of the molecule is CC(C)C(Nc1nc(C(F)(F)F)nc2ccccc12)C(=O)O. The smallest absolute Gasteiger partial charge is 0.451 e. The molecule has 0 aliphatic heterocycles. The Balaban J connectivity index is 2.58. The Hall–Kier alpha value is -2.38. The molecule has 22 heavy (non-hydrogen) atoms. The minimum absolute atomic E-state index is 0.0974. The second-order valence-corrected chi connectivity index (χ2v) is 5.11. The highest BCUT2D eigenvalue weighted by atomic mass is 19.4. The van der Waals surface area contributed by atoms with Gasteiger partial charge in [0.15, 0.2) is 0 Å². The van der Waals surface area contributed by atoms with Crippen LogP contribution in [0.5, 0.6) is 0 Å². The Bertz CT molecular complexity index is 701. The normalized spacial score (nSPS) is 13.4. The van der Waals surface area contributed by atoms with Crippen molar-refractivity contribution in [3.63, 3.8) is 0 Å². The summed E-state index contributed by atoms with van der Waals surface area (Å²) < 4.78 is 38.6. The molecule has 0 spiro atoms. The van der Waals surface area contributed by atoms with E-state index in [0.717, 1.165) is 0 Å². The fourth-order valence-corrected chi connectivity index (χ4v) is 1.97. The van der Waals surface area contributed by atoms with Gasteiger partial charge in [-0.3, -0.25) is 0 Å². The second kappa shape index (κ2) is 5.78. The summed E-state index contributed by atoms with van der Waals surface area (Å²) in [6.45, 7) is 3.31. The van der Waals surface area contributed by atoms with Crippen LogP contribution in [0.4, 0.5) is 19.0 Å². The number of hydrogen-bond donors (Lipinski definition) is 2. The lowest BCUT2D eigenvalue weighted by Gasteiger charge is -2.20. The van der Waals surface area contributed by atoms with Crippen molar-refractivity contribution in [2.45, 2.75) is 26.1 Å². The number of nitrogens with one attached hydrogen (secondary N) is 1. The number of hydrogen-bond acceptors (Lipinski definition) is 4. The quantitative estimate of drug-likeness (QED) is 0.907. The average molecular weight is 313 g/mol. The Labute approximate surface area is 124 Å². The number of benzene rings is 1. The van der Waals surface area contributed by atoms with Gasteiger partial charge in [-0.25, -0.2) is 14.8 Å². The monoisotopic (exact) mass is 313 g/mol. The van der Waals surface area contributed by atoms with Crippen LogP contribution in [0.2, 0.25) is 0 Å². The third kappa shape index (κ3) is 3.26. The zero-order valence-electron chi connectivity index (χ0n) is 11.8. The minimum atomic E-state index is -4.71. The van der Waals surface area contributed by atoms with E-state index >= 15 is 0 Å². The molecule has 118 valence electrons. The van der Waals surface area contributed by atoms with Crippen molar-refractivity contribution in [2.24, 2.45) is 5.92 Å². The summed E-state index contributed by atoms with van der Waals surface area (Å²) in [6, 6.07) is 5.07. The Morgan fingerprint density at radius 2 is 1.86 bits per heavy atom. The summed E-state index contributed by atoms with van der Waals surface area (Å²) >= 11 is 0. The summed E-state index contributed by atoms with van der Waals surface area (Å²) in [4.78, 5) is 18.2. The number of para-hydroxylation sites is 1. The molecule has 2 N–H and O–H groups in total. The highest BCUT2D eigenvalue weighted by Crippen LogP contribution is 2.30. The molecule has 1 heterocycles. The lowest BCUT2D eigenvalue weighted by atomic mass is 10.0. The van der Waals surface area contributed by atoms with E-state index < -0.39 is 24.0 Å². The van der Waals surface area contributed by atoms with Gasteiger partial charge in [0.05, 0.1) is 5.52 Å². The Morgan fingerprint density at radius 1 is 1.23 bits per heavy atom. The number of aliphatic carboxylic acids is 1. The van der Waals surface area contributed by atoms with Gasteiger partial charge in [0, 0.05) is 5.39 Å². The maximum atomic E-state index is 12.9. The van der Waals surface area contributed by atoms with Crippen molar-refractivity contribution in [3.05, 3.63) is 30.1 Å². The first-order chi connectivity index (χ1) is 10.2. The Morgan fingerprint density at radius 3 is 2.41 bits per heavy atom. The molecule has 0 radical (unpaired) electrons. The summed E-state index contributed by atoms with van der Waals surface area (Å²) in [7, 11) is 0. The van der Waals surface area contributed by atoms with Gasteiger partial charge < -0.3 is 10.4 Å². The van der Waals surface area contributed by atoms with Crippen LogP contribution in [-0.4, -0.2) is 27.1 Å². The van der Waals surface area contributed by atoms with E-state index in [2.05, 4.69) is 15.3 Å². The van der Waals surface area contributed by atoms with Gasteiger partial charge in [0.1, 0.15) is 11.9 Å². The maximum Gasteiger partial charge on any atom is 0.451 e. The molecule has 1 aromatic carbocycles. The second-order valence-electron chi connectivity index (χ2n) is 5.11. The average Bonchev–Trinajstić information content (AvgIpc) is 2.42. The van der Waals surface area contributed by atoms with E-state index in [1.54, 1.807) is 26.0 Å². The van der Waals surface area contributed by atoms with Gasteiger partial charge >= 0.3 is 12.1 Å². The first-order valence-electron chi connectivity index (χ1n) is 6.53. The lowest BCUT2D eigenvalue weighted by Crippen LogP contribution is -2.35. The van der Waals surface area contributed by atoms with Crippen LogP contribution in [-0.2, 0) is 11.0 Å². The number of carbonyl (C=O) groups is 1. The van der Waals surface area contributed by atoms with E-state index in [1.165, 1.54) is 12.1 Å². The molecule has 8 heteroatoms. The van der Waals surface area contributed by atoms with Crippen molar-refractivity contribution in [1.82, 2.24) is 9.97 Å². The molecule has 1 unspecified atom stereocenters. The van der Waals surface area contributed by atoms with Crippen LogP contribution in [0.25, 0.3) is 10.9 Å². The first kappa shape index (κ1) is 16.0. The van der Waals surface area contributed by atoms with Gasteiger partial charge in [-0.15, -0.1) is 0 Å². The molecule has 1 atom stereocenters. The van der Waals surface area contributed by atoms with Crippen LogP contribution in [0.1, 0.15) is 19.7 Å². The number of aromatic nitrogens is 2. The number of carboxylic acids is 1. The van der Waals surface area contributed by atoms with Crippen molar-refractivity contribution in [1.29, 1.82) is 0 Å². The Kier molecular flexibility index (Phi) is 4.20. The van der Waals surface area contributed by atoms with Crippen LogP contribution < -0.4 is 5.32 Å². The molecule has 0 saturated carbocycles. The standard InChI is InChI=1S/C14H14F3N3O2/c1-7(2)10(12(21)22)19-11-8-5-3-4-6-9(8)18-13(20-11)14(15,16)17/h3-7,10H,1-2H3,(H,21,22)(H,18,19,20). The number of fused-ring (bicyclic) bond motifs is 1. The third-order valence-electron chi connectivity index (χ3n) is 3.08. The first-order valence-corrected chi connectivity index (χ1v) is 6.53. The summed E-state index contributed by atoms with van der Waals surface area (Å²) in [6.07, 6.45) is -4.71. The van der Waals surface area contributed by atoms with Crippen LogP contribution >= 0.6 is 0 Å². The summed E-state index contributed by atoms with van der Waals surface area (Å²) in [5.41, 5.74) is 0.0974. The highest BCUT2D eigenvalue weighted by Gasteiger charge is 2.36. The molecular weight excluding hydrogens is 299 g/mol. The summed E-state index contributed by atoms with van der Waals surface area (Å²) in [5, 5.41) is 12.1. The molecule has 5 nitrogen and oxygen atoms in total. The van der Waals surface area contributed by atoms with Crippen molar-refractivity contribution >= 4 is 22.7 Å². The van der Waals surface area contributed by atoms with Crippen molar-refractivity contribution in [3.8, 4) is 0 Å². The molecule has 0 amide bonds. The molecule has 0 saturated heterocycles. The molecule has 0 aliphatic carbocycles. The van der Waals surface area contributed by atoms with Gasteiger partial charge in [-0.1, -0.05) is 26.0 Å². The van der Waals surface area contributed by atoms with E-state index in [0.29, 0.717) is 5.39 Å². The number of anilines is 1. The molecular formula is C14H14F3N3O2. The molecule has 0 bridgehead atoms. The van der Waals surface area contributed by atoms with E-state index in [-0.39, 0.29) is 17.3 Å². The highest BCUT2D eigenvalue weighted by molar-refractivity contribution is 5.91. The van der Waals surface area contributed by atoms with Crippen LogP contribution in [0.3, 0.4) is 0 Å². The lowest BCUT2D eigenvalue weighted by molar-refractivity contribution is -0.144. The molecule has 1 aromatic heterocycles. The molecule has 2 rings (SSSR count). The molecule has 0 aliphatic rings. The van der Waals surface area contributed by atoms with Crippen LogP contribution in [0.15, 0.2) is 24.3 Å². The van der Waals surface area contributed by atoms with E-state index in [9.17, 15) is 23.1 Å². The number of nitrogens with zero attached hydrogens (tertiary/aromatic N) is 2. The van der Waals surface area contributed by atoms with E-state index in [4.69, 9.17) is 0 Å². The zero-order valence-corrected chi connectivity index (χ0v) is 11.8. The molecule has 0 fully saturated rings. The number of rotatable bonds is 4. The fourth-order valence-electron chi connectivity index (χ4n) is 1.97. The third-order valence-corrected chi connectivity index (χ3v) is 3.08. The van der Waals surface area contributed by atoms with Gasteiger partial charge in [-0.2, -0.15) is 13.2 Å².